The van der Waals surface area contributed by atoms with Gasteiger partial charge in [-0.2, -0.15) is 12.6 Å². The molecule has 0 bridgehead atoms. The van der Waals surface area contributed by atoms with Crippen LogP contribution >= 0.6 is 35.3 Å². The van der Waals surface area contributed by atoms with Crippen LogP contribution in [0.15, 0.2) is 59.3 Å². The smallest absolute Gasteiger partial charge is 0.408 e. The number of nitrogens with zero attached hydrogens (tertiary/aromatic N) is 2. The summed E-state index contributed by atoms with van der Waals surface area (Å²) in [6.07, 6.45) is -1.99. The molecule has 2 aromatic carbocycles. The summed E-state index contributed by atoms with van der Waals surface area (Å²) in [5.74, 6) is -1.93. The summed E-state index contributed by atoms with van der Waals surface area (Å²) >= 11 is 7.07. The molecule has 0 spiro atoms. The van der Waals surface area contributed by atoms with Gasteiger partial charge in [0.2, 0.25) is 0 Å². The zero-order chi connectivity index (χ0) is 42.6. The molecule has 0 unspecified atom stereocenters. The molecule has 0 aliphatic heterocycles. The van der Waals surface area contributed by atoms with Crippen molar-refractivity contribution in [2.24, 2.45) is 0 Å². The van der Waals surface area contributed by atoms with Gasteiger partial charge in [0.1, 0.15) is 39.7 Å². The van der Waals surface area contributed by atoms with Crippen LogP contribution in [0.4, 0.5) is 4.79 Å². The number of nitrogens with one attached hydrogen (secondary N) is 3. The normalized spacial score (nSPS) is 13.8. The Labute approximate surface area is 352 Å². The van der Waals surface area contributed by atoms with Crippen molar-refractivity contribution in [2.45, 2.75) is 103 Å². The Hall–Kier alpha value is -4.55. The van der Waals surface area contributed by atoms with Gasteiger partial charge in [-0.05, 0) is 63.0 Å². The molecule has 5 rings (SSSR count). The Kier molecular flexibility index (Phi) is 13.9. The molecule has 5 aromatic rings. The van der Waals surface area contributed by atoms with Crippen LogP contribution in [0.3, 0.4) is 0 Å². The lowest BCUT2D eigenvalue weighted by Crippen LogP contribution is -2.48. The van der Waals surface area contributed by atoms with Crippen molar-refractivity contribution < 1.29 is 38.2 Å². The van der Waals surface area contributed by atoms with E-state index in [9.17, 15) is 24.3 Å². The number of esters is 1. The summed E-state index contributed by atoms with van der Waals surface area (Å²) in [6.45, 7) is 16.9. The number of carboxylic acids is 1. The fraction of sp³-hybridized carbons (Fsp3) is 0.415. The number of fused-ring (bicyclic) bond motifs is 1. The lowest BCUT2D eigenvalue weighted by atomic mass is 10.1. The first kappa shape index (κ1) is 44.5. The van der Waals surface area contributed by atoms with Crippen molar-refractivity contribution in [1.29, 1.82) is 0 Å². The van der Waals surface area contributed by atoms with Crippen molar-refractivity contribution in [2.75, 3.05) is 5.75 Å². The van der Waals surface area contributed by atoms with Gasteiger partial charge in [0.25, 0.3) is 5.91 Å². The monoisotopic (exact) mass is 865 g/mol. The van der Waals surface area contributed by atoms with Gasteiger partial charge in [0.05, 0.1) is 17.8 Å². The molecule has 3 atom stereocenters. The largest absolute Gasteiger partial charge is 0.477 e. The average molecular weight is 866 g/mol. The van der Waals surface area contributed by atoms with Crippen molar-refractivity contribution in [1.82, 2.24) is 25.6 Å². The molecular weight excluding hydrogens is 815 g/mol. The third-order valence-electron chi connectivity index (χ3n) is 9.82. The first-order valence-corrected chi connectivity index (χ1v) is 24.0. The fourth-order valence-electron chi connectivity index (χ4n) is 5.85. The van der Waals surface area contributed by atoms with Crippen molar-refractivity contribution in [3.63, 3.8) is 0 Å². The molecule has 0 radical (unpaired) electrons. The van der Waals surface area contributed by atoms with Gasteiger partial charge in [0.15, 0.2) is 8.32 Å². The number of carbonyl (C=O) groups is 4. The number of amides is 2. The van der Waals surface area contributed by atoms with E-state index in [0.717, 1.165) is 22.6 Å². The summed E-state index contributed by atoms with van der Waals surface area (Å²) in [5.41, 5.74) is 2.85. The number of rotatable bonds is 15. The zero-order valence-corrected chi connectivity index (χ0v) is 37.6. The first-order chi connectivity index (χ1) is 27.2. The van der Waals surface area contributed by atoms with Crippen LogP contribution < -0.4 is 10.6 Å². The number of aromatic amines is 1. The van der Waals surface area contributed by atoms with E-state index in [2.05, 4.69) is 33.2 Å². The van der Waals surface area contributed by atoms with Crippen molar-refractivity contribution in [3.05, 3.63) is 91.8 Å². The maximum absolute atomic E-state index is 14.2. The highest BCUT2D eigenvalue weighted by atomic mass is 32.1. The molecule has 13 nitrogen and oxygen atoms in total. The number of aryl methyl sites for hydroxylation is 1. The van der Waals surface area contributed by atoms with E-state index in [4.69, 9.17) is 18.9 Å². The van der Waals surface area contributed by atoms with E-state index in [1.165, 1.54) is 11.3 Å². The average Bonchev–Trinajstić information content (AvgIpc) is 3.91. The number of thiol groups is 1. The lowest BCUT2D eigenvalue weighted by Gasteiger charge is -2.39. The Morgan fingerprint density at radius 3 is 2.22 bits per heavy atom. The van der Waals surface area contributed by atoms with Crippen molar-refractivity contribution in [3.8, 4) is 11.3 Å². The Balaban J connectivity index is 1.42. The van der Waals surface area contributed by atoms with Crippen LogP contribution in [0.25, 0.3) is 22.2 Å². The minimum atomic E-state index is -2.64. The number of alkyl carbamates (subject to hydrolysis) is 1. The van der Waals surface area contributed by atoms with Gasteiger partial charge in [-0.25, -0.2) is 24.4 Å². The number of hydrogen-bond donors (Lipinski definition) is 5. The predicted octanol–water partition coefficient (Wildman–Crippen LogP) is 9.25. The quantitative estimate of drug-likeness (QED) is 0.0387. The van der Waals surface area contributed by atoms with Gasteiger partial charge in [-0.15, -0.1) is 22.7 Å². The molecule has 0 fully saturated rings. The number of carbonyl (C=O) groups excluding carboxylic acids is 3. The van der Waals surface area contributed by atoms with E-state index in [-0.39, 0.29) is 29.5 Å². The van der Waals surface area contributed by atoms with Crippen LogP contribution in [0.1, 0.15) is 102 Å². The second kappa shape index (κ2) is 18.2. The number of hydrogen-bond acceptors (Lipinski definition) is 12. The van der Waals surface area contributed by atoms with Crippen LogP contribution in [-0.4, -0.2) is 69.8 Å². The molecule has 0 aliphatic rings. The molecular formula is C41H51N5O8S3Si. The third kappa shape index (κ3) is 10.9. The van der Waals surface area contributed by atoms with Crippen LogP contribution in [-0.2, 0) is 25.3 Å². The number of ether oxygens (including phenoxy) is 2. The second-order valence-electron chi connectivity index (χ2n) is 16.4. The maximum atomic E-state index is 14.2. The molecule has 17 heteroatoms. The highest BCUT2D eigenvalue weighted by Gasteiger charge is 2.42. The molecule has 3 heterocycles. The number of H-pyrrole nitrogens is 1. The lowest BCUT2D eigenvalue weighted by molar-refractivity contribution is -0.154. The van der Waals surface area contributed by atoms with E-state index in [0.29, 0.717) is 37.8 Å². The number of aromatic nitrogens is 3. The molecule has 58 heavy (non-hydrogen) atoms. The highest BCUT2D eigenvalue weighted by Crippen LogP contribution is 2.39. The predicted molar refractivity (Wildman–Crippen MR) is 232 cm³/mol. The second-order valence-corrected chi connectivity index (χ2v) is 23.3. The van der Waals surface area contributed by atoms with Gasteiger partial charge < -0.3 is 34.6 Å². The Bertz CT molecular complexity index is 2260. The Morgan fingerprint density at radius 2 is 1.59 bits per heavy atom. The first-order valence-electron chi connectivity index (χ1n) is 18.7. The molecule has 2 amide bonds. The zero-order valence-electron chi connectivity index (χ0n) is 34.1. The van der Waals surface area contributed by atoms with E-state index < -0.39 is 56.0 Å². The molecule has 0 aliphatic carbocycles. The molecule has 4 N–H and O–H groups in total. The summed E-state index contributed by atoms with van der Waals surface area (Å²) in [4.78, 5) is 65.3. The molecule has 3 aromatic heterocycles. The maximum Gasteiger partial charge on any atom is 0.408 e. The number of benzene rings is 2. The highest BCUT2D eigenvalue weighted by molar-refractivity contribution is 7.80. The summed E-state index contributed by atoms with van der Waals surface area (Å²) in [7, 11) is -2.64. The van der Waals surface area contributed by atoms with Crippen molar-refractivity contribution >= 4 is 78.5 Å². The fourth-order valence-corrected chi connectivity index (χ4v) is 9.23. The summed E-state index contributed by atoms with van der Waals surface area (Å²) in [5, 5.41) is 20.5. The van der Waals surface area contributed by atoms with Crippen LogP contribution in [0, 0.1) is 6.92 Å². The standard InChI is InChI=1S/C41H51N5O8S3Si/c1-23-32-25(16-13-17-26(32)42-33(23)37(48)49)19-52-38(50)31(54-58(8,9)41(5,6)7)18-27(46-39(51)53-40(2,3)4)35-45-30(22-57-35)34(47)43-28(20-55)36-44-29(21-56-36)24-14-11-10-12-15-24/h10-17,21-22,27-28,31,42,55H,18-20H2,1-9H3,(H,43,47)(H,46,51)(H,48,49)/t27-,28-,31-/m0/s1. The molecule has 0 saturated heterocycles. The van der Waals surface area contributed by atoms with Gasteiger partial charge in [-0.1, -0.05) is 63.2 Å². The van der Waals surface area contributed by atoms with Crippen LogP contribution in [0.5, 0.6) is 0 Å². The van der Waals surface area contributed by atoms with Gasteiger partial charge in [0, 0.05) is 39.4 Å². The van der Waals surface area contributed by atoms with E-state index in [1.807, 2.05) is 69.6 Å². The van der Waals surface area contributed by atoms with Gasteiger partial charge >= 0.3 is 18.0 Å². The number of thiazole rings is 2. The van der Waals surface area contributed by atoms with Crippen LogP contribution in [0.2, 0.25) is 18.1 Å². The third-order valence-corrected chi connectivity index (χ3v) is 16.6. The number of carboxylic acid groups (broad SMARTS) is 1. The molecule has 0 saturated carbocycles. The topological polar surface area (TPSA) is 182 Å². The summed E-state index contributed by atoms with van der Waals surface area (Å²) in [6, 6.07) is 13.6. The minimum Gasteiger partial charge on any atom is -0.477 e. The van der Waals surface area contributed by atoms with E-state index in [1.54, 1.807) is 51.3 Å². The Morgan fingerprint density at radius 1 is 0.914 bits per heavy atom. The summed E-state index contributed by atoms with van der Waals surface area (Å²) < 4.78 is 18.3. The minimum absolute atomic E-state index is 0.0574. The SMILES string of the molecule is Cc1c(C(=O)O)[nH]c2cccc(COC(=O)[C@H](C[C@H](NC(=O)OC(C)(C)C)c3nc(C(=O)N[C@@H](CS)c4nc(-c5ccccc5)cs4)cs3)O[Si](C)(C)C(C)(C)C)c12. The molecule has 310 valence electrons. The van der Waals surface area contributed by atoms with Gasteiger partial charge in [-0.3, -0.25) is 4.79 Å². The van der Waals surface area contributed by atoms with E-state index >= 15 is 0 Å². The number of aromatic carboxylic acids is 1.